The molecule has 0 fully saturated rings. The third-order valence-corrected chi connectivity index (χ3v) is 5.77. The number of carbonyl (C=O) groups is 1. The second-order valence-corrected chi connectivity index (χ2v) is 8.37. The topological polar surface area (TPSA) is 46.5 Å². The number of rotatable bonds is 17. The average molecular weight is 413 g/mol. The number of unbranched alkanes of at least 4 members (excludes halogenated alkanes) is 13. The van der Waals surface area contributed by atoms with Crippen LogP contribution >= 0.6 is 0 Å². The van der Waals surface area contributed by atoms with Gasteiger partial charge in [0.2, 0.25) is 0 Å². The monoisotopic (exact) mass is 412 g/mol. The number of aliphatic hydroxyl groups is 1. The molecule has 0 unspecified atom stereocenters. The molecule has 0 aliphatic rings. The Balaban J connectivity index is 1.39. The fourth-order valence-electron chi connectivity index (χ4n) is 3.90. The van der Waals surface area contributed by atoms with Gasteiger partial charge < -0.3 is 9.84 Å². The molecule has 1 N–H and O–H groups in total. The minimum absolute atomic E-state index is 0.214. The minimum Gasteiger partial charge on any atom is -0.462 e. The number of hydrogen-bond donors (Lipinski definition) is 1. The van der Waals surface area contributed by atoms with Gasteiger partial charge in [0.1, 0.15) is 0 Å². The third-order valence-electron chi connectivity index (χ3n) is 5.77. The lowest BCUT2D eigenvalue weighted by atomic mass is 10.0. The van der Waals surface area contributed by atoms with E-state index >= 15 is 0 Å². The molecule has 2 aromatic carbocycles. The molecule has 166 valence electrons. The fraction of sp³-hybridized carbons (Fsp3) is 0.593. The molecule has 2 aromatic rings. The van der Waals surface area contributed by atoms with Crippen LogP contribution in [-0.2, 0) is 4.74 Å². The van der Waals surface area contributed by atoms with Gasteiger partial charge in [0, 0.05) is 6.61 Å². The Labute approximate surface area is 182 Å². The van der Waals surface area contributed by atoms with E-state index in [0.717, 1.165) is 30.0 Å². The molecule has 0 heterocycles. The maximum Gasteiger partial charge on any atom is 0.338 e. The number of carbonyl (C=O) groups excluding carboxylic acids is 1. The summed E-state index contributed by atoms with van der Waals surface area (Å²) in [5, 5.41) is 11.0. The Kier molecular flexibility index (Phi) is 12.9. The summed E-state index contributed by atoms with van der Waals surface area (Å²) >= 11 is 0. The van der Waals surface area contributed by atoms with Crippen LogP contribution < -0.4 is 0 Å². The normalized spacial score (nSPS) is 11.1. The lowest BCUT2D eigenvalue weighted by molar-refractivity contribution is 0.0498. The number of benzene rings is 2. The molecule has 0 saturated heterocycles. The van der Waals surface area contributed by atoms with Crippen LogP contribution in [0.5, 0.6) is 0 Å². The van der Waals surface area contributed by atoms with Gasteiger partial charge in [-0.15, -0.1) is 0 Å². The highest BCUT2D eigenvalue weighted by Crippen LogP contribution is 2.17. The van der Waals surface area contributed by atoms with E-state index in [0.29, 0.717) is 18.8 Å². The number of esters is 1. The maximum atomic E-state index is 12.2. The van der Waals surface area contributed by atoms with Crippen molar-refractivity contribution in [3.05, 3.63) is 48.0 Å². The summed E-state index contributed by atoms with van der Waals surface area (Å²) in [6.07, 6.45) is 17.5. The summed E-state index contributed by atoms with van der Waals surface area (Å²) in [5.41, 5.74) is 0.638. The molecule has 30 heavy (non-hydrogen) atoms. The second kappa shape index (κ2) is 15.9. The zero-order valence-corrected chi connectivity index (χ0v) is 18.6. The van der Waals surface area contributed by atoms with Gasteiger partial charge in [-0.3, -0.25) is 0 Å². The summed E-state index contributed by atoms with van der Waals surface area (Å²) in [7, 11) is 0. The predicted octanol–water partition coefficient (Wildman–Crippen LogP) is 7.45. The van der Waals surface area contributed by atoms with Crippen LogP contribution in [-0.4, -0.2) is 24.3 Å². The fourth-order valence-corrected chi connectivity index (χ4v) is 3.90. The molecule has 0 aliphatic carbocycles. The zero-order valence-electron chi connectivity index (χ0n) is 18.6. The van der Waals surface area contributed by atoms with Crippen molar-refractivity contribution in [1.29, 1.82) is 0 Å². The van der Waals surface area contributed by atoms with Crippen LogP contribution in [0.1, 0.15) is 100 Å². The maximum absolute atomic E-state index is 12.2. The van der Waals surface area contributed by atoms with Crippen molar-refractivity contribution in [1.82, 2.24) is 0 Å². The van der Waals surface area contributed by atoms with Gasteiger partial charge in [-0.1, -0.05) is 107 Å². The first-order chi connectivity index (χ1) is 14.8. The van der Waals surface area contributed by atoms with Crippen LogP contribution in [0.25, 0.3) is 10.8 Å². The highest BCUT2D eigenvalue weighted by atomic mass is 16.5. The van der Waals surface area contributed by atoms with Gasteiger partial charge >= 0.3 is 5.97 Å². The molecule has 0 radical (unpaired) electrons. The Bertz CT molecular complexity index is 710. The summed E-state index contributed by atoms with van der Waals surface area (Å²) in [6, 6.07) is 13.8. The molecule has 0 aromatic heterocycles. The number of ether oxygens (including phenoxy) is 1. The van der Waals surface area contributed by atoms with E-state index in [1.54, 1.807) is 0 Å². The van der Waals surface area contributed by atoms with Crippen molar-refractivity contribution in [2.45, 2.75) is 89.9 Å². The van der Waals surface area contributed by atoms with Gasteiger partial charge in [-0.05, 0) is 35.7 Å². The summed E-state index contributed by atoms with van der Waals surface area (Å²) in [6.45, 7) is 0.862. The van der Waals surface area contributed by atoms with Crippen LogP contribution in [0.4, 0.5) is 0 Å². The van der Waals surface area contributed by atoms with E-state index in [1.807, 2.05) is 42.5 Å². The molecule has 2 rings (SSSR count). The standard InChI is InChI=1S/C27H40O3/c28-21-15-11-9-7-5-3-1-2-4-6-8-10-12-16-22-30-27(29)26-20-19-24-17-13-14-18-25(24)23-26/h13-14,17-20,23,28H,1-12,15-16,21-22H2. The van der Waals surface area contributed by atoms with E-state index in [-0.39, 0.29) is 5.97 Å². The summed E-state index contributed by atoms with van der Waals surface area (Å²) < 4.78 is 5.44. The second-order valence-electron chi connectivity index (χ2n) is 8.37. The SMILES string of the molecule is O=C(OCCCCCCCCCCCCCCCCO)c1ccc2ccccc2c1. The van der Waals surface area contributed by atoms with Crippen molar-refractivity contribution in [2.24, 2.45) is 0 Å². The Morgan fingerprint density at radius 3 is 1.70 bits per heavy atom. The van der Waals surface area contributed by atoms with Crippen molar-refractivity contribution < 1.29 is 14.6 Å². The van der Waals surface area contributed by atoms with E-state index in [4.69, 9.17) is 9.84 Å². The van der Waals surface area contributed by atoms with Crippen molar-refractivity contribution in [2.75, 3.05) is 13.2 Å². The van der Waals surface area contributed by atoms with Crippen LogP contribution in [0.3, 0.4) is 0 Å². The minimum atomic E-state index is -0.214. The van der Waals surface area contributed by atoms with Gasteiger partial charge in [-0.2, -0.15) is 0 Å². The largest absolute Gasteiger partial charge is 0.462 e. The molecule has 0 saturated carbocycles. The Morgan fingerprint density at radius 1 is 0.633 bits per heavy atom. The number of hydrogen-bond acceptors (Lipinski definition) is 3. The molecule has 0 aliphatic heterocycles. The first kappa shape index (κ1) is 24.4. The molecular formula is C27H40O3. The first-order valence-corrected chi connectivity index (χ1v) is 12.1. The van der Waals surface area contributed by atoms with Crippen LogP contribution in [0, 0.1) is 0 Å². The zero-order chi connectivity index (χ0) is 21.3. The lowest BCUT2D eigenvalue weighted by Crippen LogP contribution is -2.06. The molecule has 0 spiro atoms. The highest BCUT2D eigenvalue weighted by molar-refractivity contribution is 5.95. The summed E-state index contributed by atoms with van der Waals surface area (Å²) in [5.74, 6) is -0.214. The van der Waals surface area contributed by atoms with E-state index in [9.17, 15) is 4.79 Å². The van der Waals surface area contributed by atoms with E-state index < -0.39 is 0 Å². The number of fused-ring (bicyclic) bond motifs is 1. The third kappa shape index (κ3) is 10.2. The molecule has 0 bridgehead atoms. The van der Waals surface area contributed by atoms with Crippen molar-refractivity contribution >= 4 is 16.7 Å². The van der Waals surface area contributed by atoms with Crippen LogP contribution in [0.2, 0.25) is 0 Å². The first-order valence-electron chi connectivity index (χ1n) is 12.1. The number of aliphatic hydroxyl groups excluding tert-OH is 1. The van der Waals surface area contributed by atoms with Gasteiger partial charge in [-0.25, -0.2) is 4.79 Å². The molecule has 0 atom stereocenters. The lowest BCUT2D eigenvalue weighted by Gasteiger charge is -2.06. The molecule has 3 heteroatoms. The van der Waals surface area contributed by atoms with E-state index in [2.05, 4.69) is 0 Å². The molecule has 3 nitrogen and oxygen atoms in total. The van der Waals surface area contributed by atoms with Gasteiger partial charge in [0.05, 0.1) is 12.2 Å². The van der Waals surface area contributed by atoms with Crippen LogP contribution in [0.15, 0.2) is 42.5 Å². The van der Waals surface area contributed by atoms with Gasteiger partial charge in [0.15, 0.2) is 0 Å². The quantitative estimate of drug-likeness (QED) is 0.217. The van der Waals surface area contributed by atoms with Crippen molar-refractivity contribution in [3.63, 3.8) is 0 Å². The van der Waals surface area contributed by atoms with Gasteiger partial charge in [0.25, 0.3) is 0 Å². The van der Waals surface area contributed by atoms with E-state index in [1.165, 1.54) is 70.6 Å². The molecule has 0 amide bonds. The summed E-state index contributed by atoms with van der Waals surface area (Å²) in [4.78, 5) is 12.2. The molecular weight excluding hydrogens is 372 g/mol. The average Bonchev–Trinajstić information content (AvgIpc) is 2.78. The Hall–Kier alpha value is -1.87. The smallest absolute Gasteiger partial charge is 0.338 e. The Morgan fingerprint density at radius 2 is 1.13 bits per heavy atom. The van der Waals surface area contributed by atoms with Crippen molar-refractivity contribution in [3.8, 4) is 0 Å². The highest BCUT2D eigenvalue weighted by Gasteiger charge is 2.07. The predicted molar refractivity (Wildman–Crippen MR) is 126 cm³/mol.